The Hall–Kier alpha value is -1.11. The van der Waals surface area contributed by atoms with Crippen molar-refractivity contribution < 1.29 is 0 Å². The second kappa shape index (κ2) is 4.82. The molecule has 0 N–H and O–H groups in total. The molecule has 0 radical (unpaired) electrons. The van der Waals surface area contributed by atoms with E-state index in [0.717, 1.165) is 6.42 Å². The molecule has 1 aromatic carbocycles. The topological polar surface area (TPSA) is 12.4 Å². The number of benzene rings is 1. The maximum Gasteiger partial charge on any atom is 0.0557 e. The van der Waals surface area contributed by atoms with E-state index in [4.69, 9.17) is 0 Å². The van der Waals surface area contributed by atoms with Crippen LogP contribution in [0.1, 0.15) is 46.6 Å². The van der Waals surface area contributed by atoms with E-state index < -0.39 is 0 Å². The molecule has 0 fully saturated rings. The summed E-state index contributed by atoms with van der Waals surface area (Å²) in [5.74, 6) is 0. The minimum Gasteiger partial charge on any atom is -0.286 e. The Morgan fingerprint density at radius 2 is 1.56 bits per heavy atom. The van der Waals surface area contributed by atoms with Crippen LogP contribution in [0.5, 0.6) is 0 Å². The predicted octanol–water partition coefficient (Wildman–Crippen LogP) is 4.32. The van der Waals surface area contributed by atoms with Crippen molar-refractivity contribution in [2.45, 2.75) is 46.6 Å². The molecule has 1 heteroatoms. The Morgan fingerprint density at radius 1 is 1.00 bits per heavy atom. The normalized spacial score (nSPS) is 13.3. The molecule has 0 saturated carbocycles. The standard InChI is InChI=1S/C15H23N/c1-14(2,3)12-15(4,5)16-11-13-9-7-6-8-10-13/h6-11H,12H2,1-5H3. The fourth-order valence-corrected chi connectivity index (χ4v) is 2.13. The molecular weight excluding hydrogens is 194 g/mol. The Morgan fingerprint density at radius 3 is 2.06 bits per heavy atom. The number of nitrogens with zero attached hydrogens (tertiary/aromatic N) is 1. The second-order valence-electron chi connectivity index (χ2n) is 6.22. The summed E-state index contributed by atoms with van der Waals surface area (Å²) in [6.07, 6.45) is 3.06. The maximum atomic E-state index is 4.69. The zero-order chi connectivity index (χ0) is 12.2. The SMILES string of the molecule is CC(C)(C)CC(C)(C)N=Cc1ccccc1. The van der Waals surface area contributed by atoms with E-state index in [2.05, 4.69) is 51.7 Å². The molecule has 0 amide bonds. The smallest absolute Gasteiger partial charge is 0.0557 e. The van der Waals surface area contributed by atoms with Crippen molar-refractivity contribution in [3.63, 3.8) is 0 Å². The van der Waals surface area contributed by atoms with Gasteiger partial charge in [0.05, 0.1) is 5.54 Å². The zero-order valence-electron chi connectivity index (χ0n) is 11.1. The average molecular weight is 217 g/mol. The first-order valence-corrected chi connectivity index (χ1v) is 5.89. The number of hydrogen-bond donors (Lipinski definition) is 0. The summed E-state index contributed by atoms with van der Waals surface area (Å²) in [4.78, 5) is 4.69. The molecule has 0 unspecified atom stereocenters. The zero-order valence-corrected chi connectivity index (χ0v) is 11.1. The van der Waals surface area contributed by atoms with Crippen molar-refractivity contribution in [2.75, 3.05) is 0 Å². The molecule has 0 aliphatic rings. The van der Waals surface area contributed by atoms with Crippen LogP contribution in [0.3, 0.4) is 0 Å². The number of rotatable bonds is 3. The molecular formula is C15H23N. The second-order valence-corrected chi connectivity index (χ2v) is 6.22. The lowest BCUT2D eigenvalue weighted by Gasteiger charge is -2.29. The van der Waals surface area contributed by atoms with Gasteiger partial charge in [-0.2, -0.15) is 0 Å². The van der Waals surface area contributed by atoms with Crippen LogP contribution in [0.2, 0.25) is 0 Å². The molecule has 0 aliphatic heterocycles. The van der Waals surface area contributed by atoms with Crippen molar-refractivity contribution in [1.82, 2.24) is 0 Å². The molecule has 0 atom stereocenters. The summed E-state index contributed by atoms with van der Waals surface area (Å²) in [6, 6.07) is 10.3. The van der Waals surface area contributed by atoms with Crippen LogP contribution in [0, 0.1) is 5.41 Å². The van der Waals surface area contributed by atoms with Crippen LogP contribution in [0.4, 0.5) is 0 Å². The van der Waals surface area contributed by atoms with Gasteiger partial charge in [-0.15, -0.1) is 0 Å². The van der Waals surface area contributed by atoms with E-state index in [0.29, 0.717) is 5.41 Å². The molecule has 0 saturated heterocycles. The Bertz CT molecular complexity index is 341. The third-order valence-electron chi connectivity index (χ3n) is 2.33. The van der Waals surface area contributed by atoms with Gasteiger partial charge >= 0.3 is 0 Å². The molecule has 0 heterocycles. The van der Waals surface area contributed by atoms with Crippen molar-refractivity contribution in [3.05, 3.63) is 35.9 Å². The fourth-order valence-electron chi connectivity index (χ4n) is 2.13. The molecule has 16 heavy (non-hydrogen) atoms. The lowest BCUT2D eigenvalue weighted by Crippen LogP contribution is -2.25. The van der Waals surface area contributed by atoms with E-state index >= 15 is 0 Å². The van der Waals surface area contributed by atoms with Gasteiger partial charge in [-0.05, 0) is 31.2 Å². The fraction of sp³-hybridized carbons (Fsp3) is 0.533. The van der Waals surface area contributed by atoms with Crippen LogP contribution in [0.25, 0.3) is 0 Å². The summed E-state index contributed by atoms with van der Waals surface area (Å²) < 4.78 is 0. The Labute approximate surface area is 99.6 Å². The van der Waals surface area contributed by atoms with Gasteiger partial charge in [0.15, 0.2) is 0 Å². The Balaban J connectivity index is 2.69. The minimum atomic E-state index is 0.00803. The van der Waals surface area contributed by atoms with Crippen molar-refractivity contribution in [2.24, 2.45) is 10.4 Å². The van der Waals surface area contributed by atoms with E-state index in [9.17, 15) is 0 Å². The lowest BCUT2D eigenvalue weighted by molar-refractivity contribution is 0.289. The first kappa shape index (κ1) is 13.0. The van der Waals surface area contributed by atoms with Gasteiger partial charge in [0.2, 0.25) is 0 Å². The average Bonchev–Trinajstić information content (AvgIpc) is 2.13. The third kappa shape index (κ3) is 5.11. The van der Waals surface area contributed by atoms with Gasteiger partial charge in [-0.25, -0.2) is 0 Å². The summed E-state index contributed by atoms with van der Waals surface area (Å²) in [6.45, 7) is 11.2. The predicted molar refractivity (Wildman–Crippen MR) is 72.2 cm³/mol. The third-order valence-corrected chi connectivity index (χ3v) is 2.33. The van der Waals surface area contributed by atoms with Crippen LogP contribution >= 0.6 is 0 Å². The van der Waals surface area contributed by atoms with Gasteiger partial charge in [-0.1, -0.05) is 51.1 Å². The number of hydrogen-bond acceptors (Lipinski definition) is 1. The first-order valence-electron chi connectivity index (χ1n) is 5.89. The quantitative estimate of drug-likeness (QED) is 0.669. The van der Waals surface area contributed by atoms with Gasteiger partial charge in [0.25, 0.3) is 0 Å². The van der Waals surface area contributed by atoms with Gasteiger partial charge in [-0.3, -0.25) is 4.99 Å². The summed E-state index contributed by atoms with van der Waals surface area (Å²) in [5, 5.41) is 0. The lowest BCUT2D eigenvalue weighted by atomic mass is 9.82. The van der Waals surface area contributed by atoms with E-state index in [1.165, 1.54) is 5.56 Å². The molecule has 0 aliphatic carbocycles. The van der Waals surface area contributed by atoms with Crippen molar-refractivity contribution in [3.8, 4) is 0 Å². The summed E-state index contributed by atoms with van der Waals surface area (Å²) >= 11 is 0. The highest BCUT2D eigenvalue weighted by Crippen LogP contribution is 2.29. The van der Waals surface area contributed by atoms with Crippen LogP contribution in [0.15, 0.2) is 35.3 Å². The molecule has 88 valence electrons. The van der Waals surface area contributed by atoms with Crippen molar-refractivity contribution >= 4 is 6.21 Å². The summed E-state index contributed by atoms with van der Waals surface area (Å²) in [5.41, 5.74) is 1.50. The summed E-state index contributed by atoms with van der Waals surface area (Å²) in [7, 11) is 0. The highest BCUT2D eigenvalue weighted by Gasteiger charge is 2.23. The van der Waals surface area contributed by atoms with Crippen LogP contribution in [-0.4, -0.2) is 11.8 Å². The number of aliphatic imine (C=N–C) groups is 1. The highest BCUT2D eigenvalue weighted by atomic mass is 14.8. The van der Waals surface area contributed by atoms with Crippen LogP contribution < -0.4 is 0 Å². The van der Waals surface area contributed by atoms with E-state index in [-0.39, 0.29) is 5.54 Å². The van der Waals surface area contributed by atoms with E-state index in [1.807, 2.05) is 24.4 Å². The van der Waals surface area contributed by atoms with E-state index in [1.54, 1.807) is 0 Å². The molecule has 0 aromatic heterocycles. The van der Waals surface area contributed by atoms with Gasteiger partial charge < -0.3 is 0 Å². The molecule has 1 rings (SSSR count). The minimum absolute atomic E-state index is 0.00803. The molecule has 0 spiro atoms. The largest absolute Gasteiger partial charge is 0.286 e. The first-order chi connectivity index (χ1) is 7.29. The van der Waals surface area contributed by atoms with Crippen molar-refractivity contribution in [1.29, 1.82) is 0 Å². The highest BCUT2D eigenvalue weighted by molar-refractivity contribution is 5.79. The molecule has 1 aromatic rings. The Kier molecular flexibility index (Phi) is 3.90. The monoisotopic (exact) mass is 217 g/mol. The molecule has 1 nitrogen and oxygen atoms in total. The van der Waals surface area contributed by atoms with Gasteiger partial charge in [0.1, 0.15) is 0 Å². The molecule has 0 bridgehead atoms. The van der Waals surface area contributed by atoms with Crippen LogP contribution in [-0.2, 0) is 0 Å². The van der Waals surface area contributed by atoms with Gasteiger partial charge in [0, 0.05) is 6.21 Å². The maximum absolute atomic E-state index is 4.69.